The molecule has 4 heteroatoms. The van der Waals surface area contributed by atoms with Gasteiger partial charge in [-0.25, -0.2) is 8.42 Å². The zero-order valence-electron chi connectivity index (χ0n) is 14.7. The van der Waals surface area contributed by atoms with Crippen molar-refractivity contribution < 1.29 is 8.42 Å². The summed E-state index contributed by atoms with van der Waals surface area (Å²) in [4.78, 5) is 0. The standard InChI is InChI=1S/C18H38NO2S/c1-2-3-4-5-6-7-8-9-10-11-12-13-14-15-16-17-18-22(19,20)21/h19H,2-18H2,1H3. The molecule has 0 unspecified atom stereocenters. The van der Waals surface area contributed by atoms with Gasteiger partial charge in [-0.15, -0.1) is 5.14 Å². The van der Waals surface area contributed by atoms with Gasteiger partial charge in [0.25, 0.3) is 0 Å². The number of hydrogen-bond acceptors (Lipinski definition) is 2. The van der Waals surface area contributed by atoms with E-state index in [0.29, 0.717) is 6.42 Å². The Morgan fingerprint density at radius 1 is 0.545 bits per heavy atom. The lowest BCUT2D eigenvalue weighted by Gasteiger charge is -2.03. The van der Waals surface area contributed by atoms with Gasteiger partial charge < -0.3 is 0 Å². The zero-order chi connectivity index (χ0) is 16.5. The molecule has 1 radical (unpaired) electrons. The molecule has 0 heterocycles. The highest BCUT2D eigenvalue weighted by Gasteiger charge is 2.02. The van der Waals surface area contributed by atoms with Gasteiger partial charge in [0.1, 0.15) is 0 Å². The van der Waals surface area contributed by atoms with Gasteiger partial charge in [0.05, 0.1) is 5.75 Å². The lowest BCUT2D eigenvalue weighted by Crippen LogP contribution is -2.05. The molecule has 0 rings (SSSR count). The molecule has 0 spiro atoms. The van der Waals surface area contributed by atoms with Crippen molar-refractivity contribution in [1.29, 1.82) is 0 Å². The monoisotopic (exact) mass is 332 g/mol. The maximum Gasteiger partial charge on any atom is 0.225 e. The van der Waals surface area contributed by atoms with E-state index in [-0.39, 0.29) is 5.75 Å². The molecule has 0 aromatic heterocycles. The lowest BCUT2D eigenvalue weighted by molar-refractivity contribution is 0.531. The van der Waals surface area contributed by atoms with Crippen LogP contribution in [-0.2, 0) is 10.0 Å². The number of sulfonamides is 1. The van der Waals surface area contributed by atoms with Gasteiger partial charge in [0.15, 0.2) is 0 Å². The van der Waals surface area contributed by atoms with Crippen LogP contribution in [0.2, 0.25) is 0 Å². The van der Waals surface area contributed by atoms with Gasteiger partial charge >= 0.3 is 0 Å². The summed E-state index contributed by atoms with van der Waals surface area (Å²) in [5.41, 5.74) is 0. The quantitative estimate of drug-likeness (QED) is 0.313. The van der Waals surface area contributed by atoms with Gasteiger partial charge in [-0.05, 0) is 6.42 Å². The van der Waals surface area contributed by atoms with Crippen LogP contribution >= 0.6 is 0 Å². The van der Waals surface area contributed by atoms with E-state index in [4.69, 9.17) is 5.14 Å². The van der Waals surface area contributed by atoms with E-state index in [0.717, 1.165) is 12.8 Å². The summed E-state index contributed by atoms with van der Waals surface area (Å²) in [6, 6.07) is 0. The first-order valence-corrected chi connectivity index (χ1v) is 11.2. The minimum Gasteiger partial charge on any atom is -0.211 e. The summed E-state index contributed by atoms with van der Waals surface area (Å²) in [5, 5.41) is 6.79. The fourth-order valence-corrected chi connectivity index (χ4v) is 3.42. The van der Waals surface area contributed by atoms with E-state index in [2.05, 4.69) is 6.92 Å². The third kappa shape index (κ3) is 19.9. The van der Waals surface area contributed by atoms with Crippen molar-refractivity contribution in [1.82, 2.24) is 5.14 Å². The average Bonchev–Trinajstić information content (AvgIpc) is 2.45. The van der Waals surface area contributed by atoms with Crippen LogP contribution in [0.25, 0.3) is 0 Å². The molecule has 133 valence electrons. The molecule has 0 amide bonds. The Balaban J connectivity index is 3.03. The van der Waals surface area contributed by atoms with Crippen LogP contribution in [0.5, 0.6) is 0 Å². The predicted octanol–water partition coefficient (Wildman–Crippen LogP) is 5.86. The van der Waals surface area contributed by atoms with E-state index in [9.17, 15) is 8.42 Å². The molecule has 0 saturated carbocycles. The fourth-order valence-electron chi connectivity index (χ4n) is 2.84. The van der Waals surface area contributed by atoms with Crippen molar-refractivity contribution in [2.24, 2.45) is 0 Å². The normalized spacial score (nSPS) is 11.9. The highest BCUT2D eigenvalue weighted by atomic mass is 32.2. The predicted molar refractivity (Wildman–Crippen MR) is 96.4 cm³/mol. The zero-order valence-corrected chi connectivity index (χ0v) is 15.6. The van der Waals surface area contributed by atoms with Crippen LogP contribution in [0.3, 0.4) is 0 Å². The molecule has 3 nitrogen and oxygen atoms in total. The first-order valence-electron chi connectivity index (χ1n) is 9.53. The Morgan fingerprint density at radius 2 is 0.818 bits per heavy atom. The SMILES string of the molecule is CCCCCCCCCCCCCCCCCCS([NH])(=O)=O. The van der Waals surface area contributed by atoms with Crippen LogP contribution < -0.4 is 5.14 Å². The molecule has 1 N–H and O–H groups in total. The fraction of sp³-hybridized carbons (Fsp3) is 1.00. The molecule has 0 aromatic rings. The molecule has 0 saturated heterocycles. The first-order chi connectivity index (χ1) is 10.6. The third-order valence-electron chi connectivity index (χ3n) is 4.27. The summed E-state index contributed by atoms with van der Waals surface area (Å²) in [7, 11) is -3.49. The Kier molecular flexibility index (Phi) is 15.7. The summed E-state index contributed by atoms with van der Waals surface area (Å²) >= 11 is 0. The van der Waals surface area contributed by atoms with Gasteiger partial charge in [0.2, 0.25) is 10.0 Å². The molecular weight excluding hydrogens is 294 g/mol. The average molecular weight is 333 g/mol. The highest BCUT2D eigenvalue weighted by Crippen LogP contribution is 2.13. The Hall–Kier alpha value is -0.0900. The smallest absolute Gasteiger partial charge is 0.211 e. The molecule has 22 heavy (non-hydrogen) atoms. The summed E-state index contributed by atoms with van der Waals surface area (Å²) in [6.07, 6.45) is 20.5. The summed E-state index contributed by atoms with van der Waals surface area (Å²) in [5.74, 6) is 0.0332. The van der Waals surface area contributed by atoms with Crippen LogP contribution in [0.4, 0.5) is 0 Å². The Labute approximate surface area is 139 Å². The Morgan fingerprint density at radius 3 is 1.09 bits per heavy atom. The second-order valence-electron chi connectivity index (χ2n) is 6.62. The largest absolute Gasteiger partial charge is 0.225 e. The molecule has 0 aliphatic heterocycles. The van der Waals surface area contributed by atoms with Crippen molar-refractivity contribution in [2.45, 2.75) is 110 Å². The second-order valence-corrected chi connectivity index (χ2v) is 8.26. The Bertz CT molecular complexity index is 315. The van der Waals surface area contributed by atoms with Crippen molar-refractivity contribution in [3.05, 3.63) is 0 Å². The van der Waals surface area contributed by atoms with Gasteiger partial charge in [-0.2, -0.15) is 0 Å². The van der Waals surface area contributed by atoms with Gasteiger partial charge in [-0.3, -0.25) is 0 Å². The molecule has 0 aliphatic carbocycles. The number of hydrogen-bond donors (Lipinski definition) is 0. The second kappa shape index (κ2) is 15.8. The van der Waals surface area contributed by atoms with Crippen LogP contribution in [0.1, 0.15) is 110 Å². The van der Waals surface area contributed by atoms with Crippen LogP contribution in [0.15, 0.2) is 0 Å². The van der Waals surface area contributed by atoms with Crippen molar-refractivity contribution in [2.75, 3.05) is 5.75 Å². The third-order valence-corrected chi connectivity index (χ3v) is 5.09. The van der Waals surface area contributed by atoms with E-state index in [1.54, 1.807) is 0 Å². The molecule has 0 atom stereocenters. The maximum atomic E-state index is 10.6. The van der Waals surface area contributed by atoms with E-state index < -0.39 is 10.0 Å². The van der Waals surface area contributed by atoms with Crippen LogP contribution in [0, 0.1) is 0 Å². The summed E-state index contributed by atoms with van der Waals surface area (Å²) in [6.45, 7) is 2.27. The van der Waals surface area contributed by atoms with Gasteiger partial charge in [-0.1, -0.05) is 103 Å². The molecule has 0 aromatic carbocycles. The summed E-state index contributed by atoms with van der Waals surface area (Å²) < 4.78 is 21.3. The molecule has 0 aliphatic rings. The van der Waals surface area contributed by atoms with E-state index >= 15 is 0 Å². The number of nitrogens with one attached hydrogen (secondary N) is 1. The molecule has 0 fully saturated rings. The first kappa shape index (κ1) is 21.9. The molecule has 0 bridgehead atoms. The maximum absolute atomic E-state index is 10.6. The molecular formula is C18H38NO2S. The minimum absolute atomic E-state index is 0.0332. The van der Waals surface area contributed by atoms with Gasteiger partial charge in [0, 0.05) is 0 Å². The minimum atomic E-state index is -3.49. The lowest BCUT2D eigenvalue weighted by atomic mass is 10.0. The van der Waals surface area contributed by atoms with Crippen LogP contribution in [-0.4, -0.2) is 14.2 Å². The van der Waals surface area contributed by atoms with E-state index in [1.165, 1.54) is 83.5 Å². The topological polar surface area (TPSA) is 57.9 Å². The van der Waals surface area contributed by atoms with Crippen molar-refractivity contribution in [3.63, 3.8) is 0 Å². The van der Waals surface area contributed by atoms with E-state index in [1.807, 2.05) is 0 Å². The highest BCUT2D eigenvalue weighted by molar-refractivity contribution is 7.88. The number of rotatable bonds is 17. The van der Waals surface area contributed by atoms with Crippen molar-refractivity contribution >= 4 is 10.0 Å². The van der Waals surface area contributed by atoms with Crippen molar-refractivity contribution in [3.8, 4) is 0 Å². The number of unbranched alkanes of at least 4 members (excludes halogenated alkanes) is 15.